The molecule has 0 aromatic carbocycles. The highest BCUT2D eigenvalue weighted by Gasteiger charge is 2.29. The number of carbonyl (C=O) groups excluding carboxylic acids is 3. The summed E-state index contributed by atoms with van der Waals surface area (Å²) in [5.41, 5.74) is 0.0573. The minimum atomic E-state index is -0.318. The highest BCUT2D eigenvalue weighted by atomic mass is 16.5. The molecule has 0 aromatic rings. The minimum Gasteiger partial charge on any atom is -0.466 e. The predicted molar refractivity (Wildman–Crippen MR) is 98.1 cm³/mol. The van der Waals surface area contributed by atoms with Crippen LogP contribution < -0.4 is 5.32 Å². The Morgan fingerprint density at radius 2 is 2.07 bits per heavy atom. The molecule has 8 heteroatoms. The first kappa shape index (κ1) is 20.7. The molecule has 1 N–H and O–H groups in total. The van der Waals surface area contributed by atoms with Crippen LogP contribution in [0.2, 0.25) is 0 Å². The molecule has 0 atom stereocenters. The molecule has 0 aromatic heterocycles. The van der Waals surface area contributed by atoms with Gasteiger partial charge in [0.1, 0.15) is 11.6 Å². The molecule has 2 heterocycles. The van der Waals surface area contributed by atoms with Gasteiger partial charge in [0.25, 0.3) is 5.91 Å². The van der Waals surface area contributed by atoms with Gasteiger partial charge in [-0.05, 0) is 32.6 Å². The van der Waals surface area contributed by atoms with Crippen LogP contribution in [-0.2, 0) is 19.1 Å². The maximum atomic E-state index is 12.5. The molecule has 0 saturated carbocycles. The summed E-state index contributed by atoms with van der Waals surface area (Å²) in [5.74, 6) is -0.500. The second kappa shape index (κ2) is 10.6. The Kier molecular flexibility index (Phi) is 8.11. The fourth-order valence-corrected chi connectivity index (χ4v) is 3.38. The highest BCUT2D eigenvalue weighted by molar-refractivity contribution is 5.97. The van der Waals surface area contributed by atoms with E-state index in [0.717, 1.165) is 19.4 Å². The van der Waals surface area contributed by atoms with Gasteiger partial charge in [0.05, 0.1) is 12.5 Å². The number of amides is 2. The number of hydrogen-bond donors (Lipinski definition) is 1. The fourth-order valence-electron chi connectivity index (χ4n) is 3.38. The summed E-state index contributed by atoms with van der Waals surface area (Å²) in [6.45, 7) is 5.12. The molecular formula is C19H28N4O4. The van der Waals surface area contributed by atoms with E-state index in [-0.39, 0.29) is 29.3 Å². The van der Waals surface area contributed by atoms with Crippen LogP contribution >= 0.6 is 0 Å². The second-order valence-corrected chi connectivity index (χ2v) is 6.78. The molecule has 2 rings (SSSR count). The van der Waals surface area contributed by atoms with E-state index in [1.807, 2.05) is 11.0 Å². The Bertz CT molecular complexity index is 618. The zero-order valence-electron chi connectivity index (χ0n) is 15.9. The van der Waals surface area contributed by atoms with Crippen LogP contribution in [0.3, 0.4) is 0 Å². The van der Waals surface area contributed by atoms with E-state index in [0.29, 0.717) is 52.0 Å². The van der Waals surface area contributed by atoms with Gasteiger partial charge in [-0.25, -0.2) is 0 Å². The van der Waals surface area contributed by atoms with Crippen LogP contribution in [0.15, 0.2) is 11.8 Å². The average Bonchev–Trinajstić information content (AvgIpc) is 3.09. The van der Waals surface area contributed by atoms with E-state index in [2.05, 4.69) is 5.32 Å². The number of nitrogens with zero attached hydrogens (tertiary/aromatic N) is 3. The smallest absolute Gasteiger partial charge is 0.309 e. The number of esters is 1. The molecule has 0 spiro atoms. The lowest BCUT2D eigenvalue weighted by molar-refractivity contribution is -0.150. The highest BCUT2D eigenvalue weighted by Crippen LogP contribution is 2.20. The monoisotopic (exact) mass is 376 g/mol. The summed E-state index contributed by atoms with van der Waals surface area (Å²) < 4.78 is 5.02. The van der Waals surface area contributed by atoms with Gasteiger partial charge in [-0.15, -0.1) is 0 Å². The topological polar surface area (TPSA) is 103 Å². The van der Waals surface area contributed by atoms with E-state index in [4.69, 9.17) is 4.74 Å². The van der Waals surface area contributed by atoms with Gasteiger partial charge in [-0.2, -0.15) is 5.26 Å². The fraction of sp³-hybridized carbons (Fsp3) is 0.684. The zero-order chi connectivity index (χ0) is 19.6. The van der Waals surface area contributed by atoms with Gasteiger partial charge < -0.3 is 19.9 Å². The number of carbonyl (C=O) groups is 3. The van der Waals surface area contributed by atoms with Crippen LogP contribution in [0.4, 0.5) is 0 Å². The number of ether oxygens (including phenoxy) is 1. The van der Waals surface area contributed by atoms with E-state index < -0.39 is 0 Å². The quantitative estimate of drug-likeness (QED) is 0.291. The average molecular weight is 376 g/mol. The van der Waals surface area contributed by atoms with Crippen molar-refractivity contribution < 1.29 is 19.1 Å². The molecule has 0 bridgehead atoms. The third-order valence-corrected chi connectivity index (χ3v) is 4.92. The molecule has 8 nitrogen and oxygen atoms in total. The number of rotatable bonds is 8. The van der Waals surface area contributed by atoms with Gasteiger partial charge >= 0.3 is 5.97 Å². The molecule has 2 aliphatic heterocycles. The zero-order valence-corrected chi connectivity index (χ0v) is 15.9. The Balaban J connectivity index is 1.73. The maximum absolute atomic E-state index is 12.5. The van der Waals surface area contributed by atoms with E-state index in [1.165, 1.54) is 6.20 Å². The standard InChI is InChI=1S/C19H28N4O4/c1-2-27-19(26)15-6-11-23(12-7-15)18(25)16(13-20)14-21-8-4-10-22-9-3-5-17(22)24/h14-15,21H,2-12H2,1H3/b16-14-. The van der Waals surface area contributed by atoms with Crippen LogP contribution in [0.5, 0.6) is 0 Å². The molecule has 2 amide bonds. The van der Waals surface area contributed by atoms with Crippen LogP contribution in [0.25, 0.3) is 0 Å². The van der Waals surface area contributed by atoms with Gasteiger partial charge in [0, 0.05) is 45.3 Å². The van der Waals surface area contributed by atoms with Gasteiger partial charge in [-0.1, -0.05) is 0 Å². The number of nitrogens with one attached hydrogen (secondary N) is 1. The van der Waals surface area contributed by atoms with Crippen molar-refractivity contribution in [1.82, 2.24) is 15.1 Å². The Hall–Kier alpha value is -2.56. The van der Waals surface area contributed by atoms with Gasteiger partial charge in [0.15, 0.2) is 0 Å². The third kappa shape index (κ3) is 5.98. The normalized spacial score (nSPS) is 18.4. The van der Waals surface area contributed by atoms with Crippen molar-refractivity contribution in [2.75, 3.05) is 39.3 Å². The van der Waals surface area contributed by atoms with Crippen molar-refractivity contribution in [3.63, 3.8) is 0 Å². The maximum Gasteiger partial charge on any atom is 0.309 e. The molecule has 148 valence electrons. The van der Waals surface area contributed by atoms with Crippen LogP contribution in [0, 0.1) is 17.2 Å². The first-order valence-corrected chi connectivity index (χ1v) is 9.64. The number of likely N-dealkylation sites (tertiary alicyclic amines) is 2. The van der Waals surface area contributed by atoms with Crippen molar-refractivity contribution in [3.05, 3.63) is 11.8 Å². The Labute approximate surface area is 160 Å². The van der Waals surface area contributed by atoms with Crippen molar-refractivity contribution in [2.45, 2.75) is 39.0 Å². The molecule has 0 aliphatic carbocycles. The summed E-state index contributed by atoms with van der Waals surface area (Å²) in [5, 5.41) is 12.3. The summed E-state index contributed by atoms with van der Waals surface area (Å²) in [4.78, 5) is 39.2. The van der Waals surface area contributed by atoms with E-state index in [9.17, 15) is 19.6 Å². The third-order valence-electron chi connectivity index (χ3n) is 4.92. The first-order valence-electron chi connectivity index (χ1n) is 9.64. The number of nitriles is 1. The summed E-state index contributed by atoms with van der Waals surface area (Å²) in [7, 11) is 0. The van der Waals surface area contributed by atoms with Crippen molar-refractivity contribution in [2.24, 2.45) is 5.92 Å². The second-order valence-electron chi connectivity index (χ2n) is 6.78. The van der Waals surface area contributed by atoms with Crippen LogP contribution in [0.1, 0.15) is 39.0 Å². The molecular weight excluding hydrogens is 348 g/mol. The molecule has 27 heavy (non-hydrogen) atoms. The molecule has 2 fully saturated rings. The first-order chi connectivity index (χ1) is 13.1. The largest absolute Gasteiger partial charge is 0.466 e. The van der Waals surface area contributed by atoms with E-state index in [1.54, 1.807) is 11.8 Å². The van der Waals surface area contributed by atoms with Crippen LogP contribution in [-0.4, -0.2) is 66.9 Å². The lowest BCUT2D eigenvalue weighted by Gasteiger charge is -2.30. The lowest BCUT2D eigenvalue weighted by Crippen LogP contribution is -2.41. The Morgan fingerprint density at radius 1 is 1.33 bits per heavy atom. The van der Waals surface area contributed by atoms with Gasteiger partial charge in [-0.3, -0.25) is 14.4 Å². The summed E-state index contributed by atoms with van der Waals surface area (Å²) in [6, 6.07) is 1.94. The summed E-state index contributed by atoms with van der Waals surface area (Å²) >= 11 is 0. The molecule has 2 aliphatic rings. The van der Waals surface area contributed by atoms with Crippen molar-refractivity contribution in [3.8, 4) is 6.07 Å². The molecule has 0 radical (unpaired) electrons. The molecule has 2 saturated heterocycles. The Morgan fingerprint density at radius 3 is 2.67 bits per heavy atom. The van der Waals surface area contributed by atoms with Crippen molar-refractivity contribution >= 4 is 17.8 Å². The molecule has 0 unspecified atom stereocenters. The van der Waals surface area contributed by atoms with Gasteiger partial charge in [0.2, 0.25) is 5.91 Å². The lowest BCUT2D eigenvalue weighted by atomic mass is 9.96. The van der Waals surface area contributed by atoms with Crippen molar-refractivity contribution in [1.29, 1.82) is 5.26 Å². The SMILES string of the molecule is CCOC(=O)C1CCN(C(=O)/C(C#N)=C\NCCCN2CCCC2=O)CC1. The summed E-state index contributed by atoms with van der Waals surface area (Å²) in [6.07, 6.45) is 4.88. The number of hydrogen-bond acceptors (Lipinski definition) is 6. The van der Waals surface area contributed by atoms with E-state index >= 15 is 0 Å². The predicted octanol–water partition coefficient (Wildman–Crippen LogP) is 0.798. The number of piperidine rings is 1. The minimum absolute atomic E-state index is 0.0573.